The molecule has 2 aromatic rings. The fraction of sp³-hybridized carbons (Fsp3) is 0.381. The lowest BCUT2D eigenvalue weighted by Crippen LogP contribution is -2.51. The highest BCUT2D eigenvalue weighted by molar-refractivity contribution is 7.12. The van der Waals surface area contributed by atoms with Crippen LogP contribution in [0, 0.1) is 0 Å². The van der Waals surface area contributed by atoms with Gasteiger partial charge in [-0.3, -0.25) is 19.3 Å². The first-order valence-electron chi connectivity index (χ1n) is 9.68. The lowest BCUT2D eigenvalue weighted by atomic mass is 10.1. The zero-order valence-corrected chi connectivity index (χ0v) is 17.5. The molecule has 0 aliphatic carbocycles. The minimum atomic E-state index is -0.156. The summed E-state index contributed by atoms with van der Waals surface area (Å²) < 4.78 is 0. The van der Waals surface area contributed by atoms with E-state index in [-0.39, 0.29) is 23.8 Å². The van der Waals surface area contributed by atoms with Crippen LogP contribution in [0.3, 0.4) is 0 Å². The van der Waals surface area contributed by atoms with Gasteiger partial charge in [0, 0.05) is 43.5 Å². The topological polar surface area (TPSA) is 81.8 Å². The third kappa shape index (κ3) is 5.88. The van der Waals surface area contributed by atoms with Crippen molar-refractivity contribution < 1.29 is 14.4 Å². The molecule has 2 N–H and O–H groups in total. The number of hydrogen-bond donors (Lipinski definition) is 2. The number of nitrogens with zero attached hydrogens (tertiary/aromatic N) is 2. The summed E-state index contributed by atoms with van der Waals surface area (Å²) >= 11 is 1.38. The number of carbonyl (C=O) groups is 3. The summed E-state index contributed by atoms with van der Waals surface area (Å²) in [7, 11) is 0. The predicted octanol–water partition coefficient (Wildman–Crippen LogP) is 2.28. The summed E-state index contributed by atoms with van der Waals surface area (Å²) in [4.78, 5) is 41.2. The number of hydrogen-bond acceptors (Lipinski definition) is 5. The second kappa shape index (κ2) is 9.67. The molecule has 0 spiro atoms. The third-order valence-corrected chi connectivity index (χ3v) is 5.48. The van der Waals surface area contributed by atoms with Gasteiger partial charge in [-0.2, -0.15) is 0 Å². The summed E-state index contributed by atoms with van der Waals surface area (Å²) in [6.07, 6.45) is 0. The van der Waals surface area contributed by atoms with Crippen molar-refractivity contribution in [2.45, 2.75) is 19.9 Å². The molecule has 0 atom stereocenters. The van der Waals surface area contributed by atoms with Crippen LogP contribution in [0.1, 0.15) is 33.9 Å². The van der Waals surface area contributed by atoms with E-state index in [0.29, 0.717) is 48.9 Å². The number of carbonyl (C=O) groups excluding carboxylic acids is 3. The maximum absolute atomic E-state index is 12.7. The van der Waals surface area contributed by atoms with Crippen LogP contribution >= 0.6 is 11.3 Å². The van der Waals surface area contributed by atoms with E-state index in [2.05, 4.69) is 15.5 Å². The summed E-state index contributed by atoms with van der Waals surface area (Å²) in [5.74, 6) is -0.177. The molecular formula is C21H26N4O3S. The number of thiophene rings is 1. The molecule has 8 heteroatoms. The molecule has 154 valence electrons. The second-order valence-electron chi connectivity index (χ2n) is 7.30. The molecule has 7 nitrogen and oxygen atoms in total. The molecule has 1 aromatic heterocycles. The maximum Gasteiger partial charge on any atom is 0.265 e. The van der Waals surface area contributed by atoms with Crippen LogP contribution in [-0.2, 0) is 4.79 Å². The highest BCUT2D eigenvalue weighted by atomic mass is 32.1. The summed E-state index contributed by atoms with van der Waals surface area (Å²) in [5.41, 5.74) is 1.24. The van der Waals surface area contributed by atoms with Crippen LogP contribution in [0.25, 0.3) is 0 Å². The van der Waals surface area contributed by atoms with E-state index in [4.69, 9.17) is 0 Å². The Hall–Kier alpha value is -2.71. The van der Waals surface area contributed by atoms with Gasteiger partial charge in [0.2, 0.25) is 5.91 Å². The molecule has 1 fully saturated rings. The number of anilines is 1. The van der Waals surface area contributed by atoms with Gasteiger partial charge in [0.15, 0.2) is 0 Å². The van der Waals surface area contributed by atoms with E-state index in [1.165, 1.54) is 11.3 Å². The first kappa shape index (κ1) is 21.0. The quantitative estimate of drug-likeness (QED) is 0.760. The van der Waals surface area contributed by atoms with Gasteiger partial charge in [-0.15, -0.1) is 11.3 Å². The molecule has 2 heterocycles. The Morgan fingerprint density at radius 3 is 2.31 bits per heavy atom. The lowest BCUT2D eigenvalue weighted by Gasteiger charge is -2.34. The van der Waals surface area contributed by atoms with Crippen molar-refractivity contribution >= 4 is 34.7 Å². The van der Waals surface area contributed by atoms with Crippen LogP contribution < -0.4 is 10.6 Å². The minimum Gasteiger partial charge on any atom is -0.353 e. The summed E-state index contributed by atoms with van der Waals surface area (Å²) in [6, 6.07) is 10.7. The smallest absolute Gasteiger partial charge is 0.265 e. The van der Waals surface area contributed by atoms with E-state index >= 15 is 0 Å². The van der Waals surface area contributed by atoms with Gasteiger partial charge in [-0.25, -0.2) is 0 Å². The molecule has 1 aliphatic heterocycles. The zero-order valence-electron chi connectivity index (χ0n) is 16.7. The number of rotatable bonds is 6. The number of piperazine rings is 1. The molecule has 0 unspecified atom stereocenters. The van der Waals surface area contributed by atoms with Gasteiger partial charge in [-0.05, 0) is 49.6 Å². The second-order valence-corrected chi connectivity index (χ2v) is 8.25. The van der Waals surface area contributed by atoms with Crippen molar-refractivity contribution in [1.29, 1.82) is 0 Å². The fourth-order valence-electron chi connectivity index (χ4n) is 3.16. The summed E-state index contributed by atoms with van der Waals surface area (Å²) in [5, 5.41) is 7.57. The van der Waals surface area contributed by atoms with E-state index in [1.54, 1.807) is 35.2 Å². The van der Waals surface area contributed by atoms with Gasteiger partial charge < -0.3 is 15.5 Å². The largest absolute Gasteiger partial charge is 0.353 e. The Balaban J connectivity index is 1.49. The average Bonchev–Trinajstić information content (AvgIpc) is 3.23. The standard InChI is InChI=1S/C21H26N4O3S/c1-15(2)22-19(26)14-24-9-11-25(12-10-24)21(28)16-5-7-17(8-6-16)23-20(27)18-4-3-13-29-18/h3-8,13,15H,9-12,14H2,1-2H3,(H,22,26)(H,23,27). The van der Waals surface area contributed by atoms with Crippen LogP contribution in [0.15, 0.2) is 41.8 Å². The fourth-order valence-corrected chi connectivity index (χ4v) is 3.78. The Bertz CT molecular complexity index is 841. The van der Waals surface area contributed by atoms with Crippen molar-refractivity contribution in [2.24, 2.45) is 0 Å². The molecule has 29 heavy (non-hydrogen) atoms. The average molecular weight is 415 g/mol. The van der Waals surface area contributed by atoms with Gasteiger partial charge in [-0.1, -0.05) is 6.07 Å². The van der Waals surface area contributed by atoms with Crippen LogP contribution in [0.5, 0.6) is 0 Å². The normalized spacial score (nSPS) is 14.7. The monoisotopic (exact) mass is 414 g/mol. The maximum atomic E-state index is 12.7. The Kier molecular flexibility index (Phi) is 7.00. The number of amides is 3. The predicted molar refractivity (Wildman–Crippen MR) is 114 cm³/mol. The minimum absolute atomic E-state index is 0.0139. The molecule has 0 saturated carbocycles. The van der Waals surface area contributed by atoms with Crippen molar-refractivity contribution in [3.05, 3.63) is 52.2 Å². The van der Waals surface area contributed by atoms with Gasteiger partial charge in [0.05, 0.1) is 11.4 Å². The van der Waals surface area contributed by atoms with Crippen LogP contribution in [0.2, 0.25) is 0 Å². The number of benzene rings is 1. The van der Waals surface area contributed by atoms with E-state index in [9.17, 15) is 14.4 Å². The van der Waals surface area contributed by atoms with Gasteiger partial charge >= 0.3 is 0 Å². The van der Waals surface area contributed by atoms with Crippen molar-refractivity contribution in [2.75, 3.05) is 38.0 Å². The van der Waals surface area contributed by atoms with E-state index in [0.717, 1.165) is 0 Å². The van der Waals surface area contributed by atoms with Crippen molar-refractivity contribution in [3.8, 4) is 0 Å². The Morgan fingerprint density at radius 1 is 1.03 bits per heavy atom. The molecule has 0 radical (unpaired) electrons. The number of nitrogens with one attached hydrogen (secondary N) is 2. The van der Waals surface area contributed by atoms with E-state index < -0.39 is 0 Å². The first-order chi connectivity index (χ1) is 13.9. The summed E-state index contributed by atoms with van der Waals surface area (Å²) in [6.45, 7) is 6.76. The van der Waals surface area contributed by atoms with Gasteiger partial charge in [0.1, 0.15) is 0 Å². The zero-order chi connectivity index (χ0) is 20.8. The molecule has 1 aliphatic rings. The highest BCUT2D eigenvalue weighted by Crippen LogP contribution is 2.16. The SMILES string of the molecule is CC(C)NC(=O)CN1CCN(C(=O)c2ccc(NC(=O)c3cccs3)cc2)CC1. The molecule has 3 rings (SSSR count). The van der Waals surface area contributed by atoms with Crippen molar-refractivity contribution in [3.63, 3.8) is 0 Å². The van der Waals surface area contributed by atoms with Crippen molar-refractivity contribution in [1.82, 2.24) is 15.1 Å². The molecule has 3 amide bonds. The first-order valence-corrected chi connectivity index (χ1v) is 10.6. The van der Waals surface area contributed by atoms with E-state index in [1.807, 2.05) is 25.3 Å². The molecule has 0 bridgehead atoms. The Labute approximate surface area is 174 Å². The molecular weight excluding hydrogens is 388 g/mol. The molecule has 1 saturated heterocycles. The Morgan fingerprint density at radius 2 is 1.72 bits per heavy atom. The highest BCUT2D eigenvalue weighted by Gasteiger charge is 2.23. The third-order valence-electron chi connectivity index (χ3n) is 4.61. The lowest BCUT2D eigenvalue weighted by molar-refractivity contribution is -0.123. The van der Waals surface area contributed by atoms with Crippen LogP contribution in [-0.4, -0.2) is 66.3 Å². The van der Waals surface area contributed by atoms with Crippen LogP contribution in [0.4, 0.5) is 5.69 Å². The van der Waals surface area contributed by atoms with Gasteiger partial charge in [0.25, 0.3) is 11.8 Å². The molecule has 1 aromatic carbocycles.